The lowest BCUT2D eigenvalue weighted by Gasteiger charge is -2.16. The van der Waals surface area contributed by atoms with Gasteiger partial charge in [-0.05, 0) is 175 Å². The van der Waals surface area contributed by atoms with E-state index >= 15 is 0 Å². The molecule has 0 fully saturated rings. The molecule has 4 aliphatic carbocycles. The lowest BCUT2D eigenvalue weighted by Crippen LogP contribution is -2.35. The van der Waals surface area contributed by atoms with Crippen molar-refractivity contribution >= 4 is 98.1 Å². The van der Waals surface area contributed by atoms with Gasteiger partial charge in [-0.3, -0.25) is 0 Å². The third kappa shape index (κ3) is 15.3. The first-order valence-electron chi connectivity index (χ1n) is 21.5. The minimum Gasteiger partial charge on any atom is -0.307 e. The maximum Gasteiger partial charge on any atom is 0.332 e. The quantitative estimate of drug-likeness (QED) is 0.0736. The summed E-state index contributed by atoms with van der Waals surface area (Å²) in [6.07, 6.45) is 14.4. The zero-order valence-electron chi connectivity index (χ0n) is 36.6. The SMILES string of the molecule is NS(=O)(=O)Cc1ccc(Cl)c(F)c1.O=C(Nc1c2c(cc3c1CCC3)CCC2)NS(=O)(=O)Cc1ccc(Cl)c(F)c1.O=C=Nc1c2c(cc3c1CCC3)CCC2.O=S(=O)(Cl)Cc1ccc(Cl)c(F)c1. The third-order valence-electron chi connectivity index (χ3n) is 11.6. The molecule has 4 aliphatic rings. The largest absolute Gasteiger partial charge is 0.332 e. The molecule has 0 heterocycles. The van der Waals surface area contributed by atoms with Crippen molar-refractivity contribution in [3.05, 3.63) is 160 Å². The molecule has 2 amide bonds. The van der Waals surface area contributed by atoms with Gasteiger partial charge >= 0.3 is 6.03 Å². The first-order chi connectivity index (χ1) is 32.5. The second-order valence-electron chi connectivity index (χ2n) is 16.7. The molecule has 0 aliphatic heterocycles. The molecule has 0 radical (unpaired) electrons. The molecule has 5 aromatic carbocycles. The van der Waals surface area contributed by atoms with Crippen LogP contribution in [0.4, 0.5) is 29.3 Å². The predicted molar refractivity (Wildman–Crippen MR) is 263 cm³/mol. The first-order valence-corrected chi connectivity index (χ1v) is 28.4. The number of rotatable bonds is 9. The van der Waals surface area contributed by atoms with Crippen LogP contribution in [0.3, 0.4) is 0 Å². The molecule has 0 unspecified atom stereocenters. The Morgan fingerprint density at radius 1 is 0.580 bits per heavy atom. The Morgan fingerprint density at radius 3 is 1.33 bits per heavy atom. The van der Waals surface area contributed by atoms with Crippen molar-refractivity contribution in [2.45, 2.75) is 94.3 Å². The number of carbonyl (C=O) groups excluding carboxylic acids is 2. The number of fused-ring (bicyclic) bond motifs is 4. The Morgan fingerprint density at radius 2 is 0.957 bits per heavy atom. The molecule has 0 saturated carbocycles. The standard InChI is InChI=1S/C20H20ClFN2O3S.C13H13NO.C7H5Cl2FO2S.C7H7ClFNO2S/c21-17-8-7-12(9-18(17)22)11-28(26,27)24-20(25)23-19-15-5-1-3-13(15)10-14-4-2-6-16(14)19;15-8-14-13-11-5-1-3-9(11)7-10-4-2-6-12(10)13;8-6-2-1-5(3-7(6)10)4-13(9,11)12;8-6-2-1-5(3-7(6)9)4-13(10,11)12/h7-10H,1-6,11H2,(H2,23,24,25);7H,1-6H2;1-3H,4H2;1-3H,4H2,(H2,10,11,12). The minimum atomic E-state index is -3.98. The summed E-state index contributed by atoms with van der Waals surface area (Å²) < 4.78 is 108. The third-order valence-corrected chi connectivity index (χ3v) is 15.4. The highest BCUT2D eigenvalue weighted by atomic mass is 35.7. The monoisotopic (exact) mass is 1090 g/mol. The summed E-state index contributed by atoms with van der Waals surface area (Å²) >= 11 is 16.4. The van der Waals surface area contributed by atoms with Gasteiger partial charge in [-0.15, -0.1) is 0 Å². The number of halogens is 7. The molecule has 368 valence electrons. The van der Waals surface area contributed by atoms with Crippen LogP contribution in [-0.2, 0) is 103 Å². The van der Waals surface area contributed by atoms with Crippen molar-refractivity contribution in [1.29, 1.82) is 0 Å². The summed E-state index contributed by atoms with van der Waals surface area (Å²) in [5.74, 6) is -3.31. The molecule has 9 rings (SSSR count). The average molecular weight is 1090 g/mol. The summed E-state index contributed by atoms with van der Waals surface area (Å²) in [6, 6.07) is 15.0. The molecule has 22 heteroatoms. The number of nitrogens with two attached hydrogens (primary N) is 1. The van der Waals surface area contributed by atoms with E-state index in [-0.39, 0.29) is 37.5 Å². The number of primary sulfonamides is 1. The van der Waals surface area contributed by atoms with Crippen LogP contribution in [0.25, 0.3) is 0 Å². The Kier molecular flexibility index (Phi) is 18.1. The van der Waals surface area contributed by atoms with Gasteiger partial charge in [0.05, 0.1) is 38.0 Å². The van der Waals surface area contributed by atoms with Crippen molar-refractivity contribution < 1.29 is 48.0 Å². The highest BCUT2D eigenvalue weighted by molar-refractivity contribution is 8.13. The molecule has 12 nitrogen and oxygen atoms in total. The number of carbonyl (C=O) groups is 1. The van der Waals surface area contributed by atoms with Crippen LogP contribution in [-0.4, -0.2) is 37.4 Å². The fraction of sp³-hybridized carbons (Fsp3) is 0.319. The predicted octanol–water partition coefficient (Wildman–Crippen LogP) is 10.6. The first kappa shape index (κ1) is 53.9. The van der Waals surface area contributed by atoms with Gasteiger partial charge in [0.2, 0.25) is 35.2 Å². The highest BCUT2D eigenvalue weighted by Crippen LogP contribution is 2.41. The summed E-state index contributed by atoms with van der Waals surface area (Å²) in [5.41, 5.74) is 12.7. The molecular weight excluding hydrogens is 1040 g/mol. The molecule has 0 saturated heterocycles. The van der Waals surface area contributed by atoms with Crippen LogP contribution in [0.1, 0.15) is 86.9 Å². The van der Waals surface area contributed by atoms with Crippen molar-refractivity contribution in [3.8, 4) is 0 Å². The van der Waals surface area contributed by atoms with E-state index in [2.05, 4.69) is 22.4 Å². The smallest absolute Gasteiger partial charge is 0.307 e. The fourth-order valence-corrected chi connectivity index (χ4v) is 11.8. The van der Waals surface area contributed by atoms with Crippen LogP contribution >= 0.6 is 45.5 Å². The number of anilines is 1. The maximum absolute atomic E-state index is 13.5. The number of hydrogen-bond acceptors (Lipinski definition) is 9. The number of aliphatic imine (C=N–C) groups is 1. The lowest BCUT2D eigenvalue weighted by molar-refractivity contribution is 0.256. The summed E-state index contributed by atoms with van der Waals surface area (Å²) in [6.45, 7) is 0. The number of benzene rings is 5. The van der Waals surface area contributed by atoms with Crippen molar-refractivity contribution in [1.82, 2.24) is 4.72 Å². The van der Waals surface area contributed by atoms with E-state index in [1.54, 1.807) is 6.08 Å². The fourth-order valence-electron chi connectivity index (χ4n) is 8.79. The van der Waals surface area contributed by atoms with Crippen LogP contribution in [0.2, 0.25) is 15.1 Å². The van der Waals surface area contributed by atoms with E-state index in [1.165, 1.54) is 82.6 Å². The van der Waals surface area contributed by atoms with E-state index in [0.717, 1.165) is 105 Å². The van der Waals surface area contributed by atoms with E-state index in [4.69, 9.17) is 50.6 Å². The van der Waals surface area contributed by atoms with E-state index in [0.29, 0.717) is 0 Å². The molecule has 0 spiro atoms. The number of aryl methyl sites for hydroxylation is 4. The van der Waals surface area contributed by atoms with Gasteiger partial charge in [-0.2, -0.15) is 4.99 Å². The van der Waals surface area contributed by atoms with Gasteiger partial charge in [0.1, 0.15) is 17.5 Å². The Balaban J connectivity index is 0.000000162. The Hall–Kier alpha value is -4.49. The van der Waals surface area contributed by atoms with Crippen LogP contribution in [0.5, 0.6) is 0 Å². The average Bonchev–Trinajstić information content (AvgIpc) is 4.10. The number of sulfonamides is 2. The van der Waals surface area contributed by atoms with Gasteiger partial charge in [-0.25, -0.2) is 57.9 Å². The number of urea groups is 1. The van der Waals surface area contributed by atoms with Crippen molar-refractivity contribution in [2.75, 3.05) is 5.32 Å². The summed E-state index contributed by atoms with van der Waals surface area (Å²) in [5, 5.41) is 7.38. The van der Waals surface area contributed by atoms with Crippen LogP contribution in [0.15, 0.2) is 71.7 Å². The molecular formula is C47H45Cl4F3N4O8S3. The number of amides is 2. The van der Waals surface area contributed by atoms with E-state index in [1.807, 2.05) is 4.72 Å². The van der Waals surface area contributed by atoms with E-state index < -0.39 is 64.1 Å². The minimum absolute atomic E-state index is 0.0434. The van der Waals surface area contributed by atoms with Crippen LogP contribution in [0, 0.1) is 17.5 Å². The van der Waals surface area contributed by atoms with Gasteiger partial charge in [-0.1, -0.05) is 65.1 Å². The Bertz CT molecular complexity index is 3050. The van der Waals surface area contributed by atoms with Crippen LogP contribution < -0.4 is 15.2 Å². The van der Waals surface area contributed by atoms with Gasteiger partial charge in [0.15, 0.2) is 0 Å². The lowest BCUT2D eigenvalue weighted by atomic mass is 9.99. The van der Waals surface area contributed by atoms with Gasteiger partial charge in [0, 0.05) is 16.4 Å². The molecule has 4 N–H and O–H groups in total. The Labute approximate surface area is 418 Å². The molecule has 69 heavy (non-hydrogen) atoms. The number of nitrogens with zero attached hydrogens (tertiary/aromatic N) is 1. The molecule has 0 atom stereocenters. The zero-order chi connectivity index (χ0) is 50.3. The maximum atomic E-state index is 13.5. The number of isocyanates is 1. The summed E-state index contributed by atoms with van der Waals surface area (Å²) in [7, 11) is -6.27. The topological polar surface area (TPSA) is 199 Å². The molecule has 0 aromatic heterocycles. The zero-order valence-corrected chi connectivity index (χ0v) is 42.1. The normalized spacial score (nSPS) is 14.3. The van der Waals surface area contributed by atoms with Crippen molar-refractivity contribution in [3.63, 3.8) is 0 Å². The van der Waals surface area contributed by atoms with E-state index in [9.17, 15) is 48.0 Å². The van der Waals surface area contributed by atoms with Gasteiger partial charge < -0.3 is 5.32 Å². The number of nitrogens with one attached hydrogen (secondary N) is 2. The van der Waals surface area contributed by atoms with Crippen molar-refractivity contribution in [2.24, 2.45) is 10.1 Å². The number of hydrogen-bond donors (Lipinski definition) is 3. The molecule has 5 aromatic rings. The second kappa shape index (κ2) is 23.2. The highest BCUT2D eigenvalue weighted by Gasteiger charge is 2.27. The molecule has 0 bridgehead atoms. The van der Waals surface area contributed by atoms with Gasteiger partial charge in [0.25, 0.3) is 0 Å². The summed E-state index contributed by atoms with van der Waals surface area (Å²) in [4.78, 5) is 26.9. The second-order valence-corrected chi connectivity index (χ2v) is 24.0.